The van der Waals surface area contributed by atoms with Gasteiger partial charge in [-0.1, -0.05) is 11.6 Å². The van der Waals surface area contributed by atoms with Gasteiger partial charge in [-0.3, -0.25) is 4.79 Å². The van der Waals surface area contributed by atoms with E-state index in [0.29, 0.717) is 37.8 Å². The molecular weight excluding hydrogens is 320 g/mol. The summed E-state index contributed by atoms with van der Waals surface area (Å²) < 4.78 is 5.54. The Morgan fingerprint density at radius 3 is 2.87 bits per heavy atom. The quantitative estimate of drug-likeness (QED) is 0.892. The fraction of sp³-hybridized carbons (Fsp3) is 0.562. The highest BCUT2D eigenvalue weighted by atomic mass is 35.5. The van der Waals surface area contributed by atoms with Gasteiger partial charge in [0.2, 0.25) is 5.88 Å². The van der Waals surface area contributed by atoms with E-state index in [-0.39, 0.29) is 16.5 Å². The van der Waals surface area contributed by atoms with Crippen molar-refractivity contribution in [2.75, 3.05) is 13.2 Å². The fourth-order valence-corrected chi connectivity index (χ4v) is 3.02. The van der Waals surface area contributed by atoms with Crippen molar-refractivity contribution in [1.82, 2.24) is 9.88 Å². The molecule has 0 radical (unpaired) electrons. The van der Waals surface area contributed by atoms with E-state index < -0.39 is 11.5 Å². The van der Waals surface area contributed by atoms with Crippen LogP contribution in [0.15, 0.2) is 12.3 Å². The number of carbonyl (C=O) groups is 2. The number of aromatic nitrogens is 1. The Bertz CT molecular complexity index is 647. The van der Waals surface area contributed by atoms with Gasteiger partial charge in [0.1, 0.15) is 10.6 Å². The first-order chi connectivity index (χ1) is 10.9. The van der Waals surface area contributed by atoms with Crippen LogP contribution >= 0.6 is 11.6 Å². The lowest BCUT2D eigenvalue weighted by molar-refractivity contribution is -0.147. The third kappa shape index (κ3) is 3.13. The van der Waals surface area contributed by atoms with Crippen molar-refractivity contribution in [2.24, 2.45) is 5.92 Å². The number of aliphatic carboxylic acids is 1. The van der Waals surface area contributed by atoms with Gasteiger partial charge < -0.3 is 14.7 Å². The zero-order chi connectivity index (χ0) is 16.6. The van der Waals surface area contributed by atoms with Crippen molar-refractivity contribution < 1.29 is 19.4 Å². The van der Waals surface area contributed by atoms with Gasteiger partial charge in [0.05, 0.1) is 12.2 Å². The fourth-order valence-electron chi connectivity index (χ4n) is 2.80. The van der Waals surface area contributed by atoms with Gasteiger partial charge in [0.25, 0.3) is 5.91 Å². The summed E-state index contributed by atoms with van der Waals surface area (Å²) in [5.74, 6) is -0.463. The first-order valence-electron chi connectivity index (χ1n) is 7.75. The summed E-state index contributed by atoms with van der Waals surface area (Å²) in [6.45, 7) is 2.57. The molecule has 1 unspecified atom stereocenters. The topological polar surface area (TPSA) is 79.7 Å². The van der Waals surface area contributed by atoms with Crippen molar-refractivity contribution in [3.63, 3.8) is 0 Å². The number of hydrogen-bond donors (Lipinski definition) is 1. The third-order valence-corrected chi connectivity index (χ3v) is 4.82. The summed E-state index contributed by atoms with van der Waals surface area (Å²) in [6, 6.07) is 1.50. The Morgan fingerprint density at radius 1 is 1.52 bits per heavy atom. The number of hydrogen-bond acceptors (Lipinski definition) is 4. The molecule has 6 nitrogen and oxygen atoms in total. The van der Waals surface area contributed by atoms with E-state index in [1.54, 1.807) is 6.92 Å². The van der Waals surface area contributed by atoms with Crippen molar-refractivity contribution in [1.29, 1.82) is 0 Å². The number of carboxylic acids is 1. The van der Waals surface area contributed by atoms with Crippen molar-refractivity contribution in [3.05, 3.63) is 22.8 Å². The highest BCUT2D eigenvalue weighted by Gasteiger charge is 2.46. The van der Waals surface area contributed by atoms with E-state index in [1.165, 1.54) is 17.2 Å². The molecule has 1 saturated heterocycles. The molecule has 1 aliphatic carbocycles. The zero-order valence-corrected chi connectivity index (χ0v) is 13.7. The standard InChI is InChI=1S/C16H19ClN2O4/c1-16(15(21)22)5-2-6-19(16)14(20)11-7-12(17)13(18-8-11)23-9-10-3-4-10/h7-8,10H,2-6,9H2,1H3,(H,21,22). The molecule has 0 bridgehead atoms. The molecule has 1 aliphatic heterocycles. The predicted octanol–water partition coefficient (Wildman–Crippen LogP) is 2.60. The molecule has 1 N–H and O–H groups in total. The number of ether oxygens (including phenoxy) is 1. The average molecular weight is 339 g/mol. The lowest BCUT2D eigenvalue weighted by atomic mass is 9.99. The van der Waals surface area contributed by atoms with Crippen molar-refractivity contribution in [2.45, 2.75) is 38.1 Å². The van der Waals surface area contributed by atoms with Gasteiger partial charge in [-0.05, 0) is 44.6 Å². The SMILES string of the molecule is CC1(C(=O)O)CCCN1C(=O)c1cnc(OCC2CC2)c(Cl)c1. The molecule has 124 valence electrons. The molecule has 2 heterocycles. The molecule has 1 saturated carbocycles. The van der Waals surface area contributed by atoms with Crippen molar-refractivity contribution in [3.8, 4) is 5.88 Å². The van der Waals surface area contributed by atoms with Crippen LogP contribution < -0.4 is 4.74 Å². The number of rotatable bonds is 5. The molecular formula is C16H19ClN2O4. The van der Waals surface area contributed by atoms with Gasteiger partial charge in [0, 0.05) is 12.7 Å². The van der Waals surface area contributed by atoms with Crippen LogP contribution in [0.25, 0.3) is 0 Å². The van der Waals surface area contributed by atoms with Crippen LogP contribution in [0.2, 0.25) is 5.02 Å². The maximum atomic E-state index is 12.6. The van der Waals surface area contributed by atoms with Crippen LogP contribution in [0.4, 0.5) is 0 Å². The summed E-state index contributed by atoms with van der Waals surface area (Å²) in [4.78, 5) is 29.6. The summed E-state index contributed by atoms with van der Waals surface area (Å²) >= 11 is 6.14. The first kappa shape index (κ1) is 16.1. The lowest BCUT2D eigenvalue weighted by Crippen LogP contribution is -2.50. The number of carbonyl (C=O) groups excluding carboxylic acids is 1. The molecule has 3 rings (SSSR count). The smallest absolute Gasteiger partial charge is 0.329 e. The van der Waals surface area contributed by atoms with E-state index >= 15 is 0 Å². The summed E-state index contributed by atoms with van der Waals surface area (Å²) in [5.41, 5.74) is -0.895. The van der Waals surface area contributed by atoms with Crippen LogP contribution in [-0.2, 0) is 4.79 Å². The Labute approximate surface area is 139 Å². The molecule has 23 heavy (non-hydrogen) atoms. The molecule has 1 aromatic heterocycles. The van der Waals surface area contributed by atoms with E-state index in [2.05, 4.69) is 4.98 Å². The van der Waals surface area contributed by atoms with Gasteiger partial charge in [0.15, 0.2) is 0 Å². The number of halogens is 1. The first-order valence-corrected chi connectivity index (χ1v) is 8.13. The van der Waals surface area contributed by atoms with E-state index in [1.807, 2.05) is 0 Å². The lowest BCUT2D eigenvalue weighted by Gasteiger charge is -2.31. The molecule has 7 heteroatoms. The number of amides is 1. The molecule has 1 atom stereocenters. The minimum atomic E-state index is -1.18. The highest BCUT2D eigenvalue weighted by molar-refractivity contribution is 6.32. The molecule has 0 spiro atoms. The van der Waals surface area contributed by atoms with Gasteiger partial charge in [-0.2, -0.15) is 0 Å². The minimum Gasteiger partial charge on any atom is -0.480 e. The summed E-state index contributed by atoms with van der Waals surface area (Å²) in [7, 11) is 0. The Balaban J connectivity index is 1.76. The number of likely N-dealkylation sites (tertiary alicyclic amines) is 1. The Kier molecular flexibility index (Phi) is 4.19. The van der Waals surface area contributed by atoms with Crippen LogP contribution in [0.5, 0.6) is 5.88 Å². The molecule has 1 aromatic rings. The van der Waals surface area contributed by atoms with E-state index in [0.717, 1.165) is 12.8 Å². The van der Waals surface area contributed by atoms with Crippen LogP contribution in [0, 0.1) is 5.92 Å². The Hall–Kier alpha value is -1.82. The summed E-state index contributed by atoms with van der Waals surface area (Å²) in [5, 5.41) is 9.68. The second kappa shape index (κ2) is 6.00. The number of pyridine rings is 1. The minimum absolute atomic E-state index is 0.271. The van der Waals surface area contributed by atoms with E-state index in [4.69, 9.17) is 16.3 Å². The van der Waals surface area contributed by atoms with Crippen molar-refractivity contribution >= 4 is 23.5 Å². The number of carboxylic acid groups (broad SMARTS) is 1. The van der Waals surface area contributed by atoms with Gasteiger partial charge >= 0.3 is 5.97 Å². The largest absolute Gasteiger partial charge is 0.480 e. The monoisotopic (exact) mass is 338 g/mol. The molecule has 0 aromatic carbocycles. The third-order valence-electron chi connectivity index (χ3n) is 4.55. The van der Waals surface area contributed by atoms with Gasteiger partial charge in [-0.25, -0.2) is 9.78 Å². The molecule has 2 aliphatic rings. The summed E-state index contributed by atoms with van der Waals surface area (Å²) in [6.07, 6.45) is 4.83. The second-order valence-electron chi connectivity index (χ2n) is 6.40. The van der Waals surface area contributed by atoms with Gasteiger partial charge in [-0.15, -0.1) is 0 Å². The van der Waals surface area contributed by atoms with Crippen LogP contribution in [0.1, 0.15) is 43.0 Å². The van der Waals surface area contributed by atoms with E-state index in [9.17, 15) is 14.7 Å². The highest BCUT2D eigenvalue weighted by Crippen LogP contribution is 2.33. The van der Waals surface area contributed by atoms with Crippen LogP contribution in [-0.4, -0.2) is 45.6 Å². The Morgan fingerprint density at radius 2 is 2.26 bits per heavy atom. The maximum Gasteiger partial charge on any atom is 0.329 e. The molecule has 2 fully saturated rings. The average Bonchev–Trinajstić information content (AvgIpc) is 3.26. The molecule has 1 amide bonds. The van der Waals surface area contributed by atoms with Crippen LogP contribution in [0.3, 0.4) is 0 Å². The predicted molar refractivity (Wildman–Crippen MR) is 83.8 cm³/mol. The second-order valence-corrected chi connectivity index (χ2v) is 6.81. The normalized spacial score (nSPS) is 23.8. The maximum absolute atomic E-state index is 12.6. The number of nitrogens with zero attached hydrogens (tertiary/aromatic N) is 2. The zero-order valence-electron chi connectivity index (χ0n) is 12.9.